The lowest BCUT2D eigenvalue weighted by Gasteiger charge is -2.11. The van der Waals surface area contributed by atoms with E-state index in [0.717, 1.165) is 18.7 Å². The third kappa shape index (κ3) is 5.74. The van der Waals surface area contributed by atoms with E-state index in [1.807, 2.05) is 11.8 Å². The lowest BCUT2D eigenvalue weighted by molar-refractivity contribution is 0.855. The van der Waals surface area contributed by atoms with Crippen molar-refractivity contribution in [2.24, 2.45) is 0 Å². The molecule has 0 aliphatic rings. The van der Waals surface area contributed by atoms with Gasteiger partial charge in [0.15, 0.2) is 5.11 Å². The maximum Gasteiger partial charge on any atom is 0.170 e. The lowest BCUT2D eigenvalue weighted by Crippen LogP contribution is -2.29. The monoisotopic (exact) mass is 282 g/mol. The number of anilines is 1. The molecule has 1 aromatic carbocycles. The standard InChI is InChI=1S/C14H22N2S2/c1-11(2)12-5-7-13(8-6-12)16-14(17)15-9-4-10-18-3/h5-8,11H,4,9-10H2,1-3H3,(H2,15,16,17). The molecule has 0 radical (unpaired) electrons. The second-order valence-electron chi connectivity index (χ2n) is 4.50. The molecule has 0 atom stereocenters. The summed E-state index contributed by atoms with van der Waals surface area (Å²) in [7, 11) is 0. The van der Waals surface area contributed by atoms with Crippen molar-refractivity contribution in [3.8, 4) is 0 Å². The quantitative estimate of drug-likeness (QED) is 0.611. The Morgan fingerprint density at radius 1 is 1.28 bits per heavy atom. The smallest absolute Gasteiger partial charge is 0.170 e. The van der Waals surface area contributed by atoms with Gasteiger partial charge in [-0.15, -0.1) is 0 Å². The van der Waals surface area contributed by atoms with Crippen LogP contribution in [0.15, 0.2) is 24.3 Å². The molecule has 100 valence electrons. The summed E-state index contributed by atoms with van der Waals surface area (Å²) in [6, 6.07) is 8.43. The van der Waals surface area contributed by atoms with Crippen LogP contribution in [-0.4, -0.2) is 23.7 Å². The fraction of sp³-hybridized carbons (Fsp3) is 0.500. The minimum absolute atomic E-state index is 0.565. The summed E-state index contributed by atoms with van der Waals surface area (Å²) in [6.07, 6.45) is 3.25. The van der Waals surface area contributed by atoms with Crippen LogP contribution in [0.25, 0.3) is 0 Å². The average Bonchev–Trinajstić information content (AvgIpc) is 2.35. The van der Waals surface area contributed by atoms with Gasteiger partial charge in [-0.25, -0.2) is 0 Å². The van der Waals surface area contributed by atoms with E-state index >= 15 is 0 Å². The molecule has 0 fully saturated rings. The first-order valence-corrected chi connectivity index (χ1v) is 8.07. The topological polar surface area (TPSA) is 24.1 Å². The van der Waals surface area contributed by atoms with Gasteiger partial charge < -0.3 is 10.6 Å². The van der Waals surface area contributed by atoms with E-state index in [0.29, 0.717) is 11.0 Å². The van der Waals surface area contributed by atoms with Crippen LogP contribution in [0.4, 0.5) is 5.69 Å². The number of thioether (sulfide) groups is 1. The molecule has 0 heterocycles. The molecule has 0 amide bonds. The maximum atomic E-state index is 5.24. The van der Waals surface area contributed by atoms with Gasteiger partial charge in [0.25, 0.3) is 0 Å². The number of benzene rings is 1. The number of thiocarbonyl (C=S) groups is 1. The molecule has 2 N–H and O–H groups in total. The first-order chi connectivity index (χ1) is 8.63. The van der Waals surface area contributed by atoms with Gasteiger partial charge in [0.2, 0.25) is 0 Å². The average molecular weight is 282 g/mol. The van der Waals surface area contributed by atoms with Gasteiger partial charge in [-0.1, -0.05) is 26.0 Å². The van der Waals surface area contributed by atoms with Crippen molar-refractivity contribution in [2.75, 3.05) is 23.9 Å². The highest BCUT2D eigenvalue weighted by atomic mass is 32.2. The van der Waals surface area contributed by atoms with E-state index in [1.165, 1.54) is 11.3 Å². The van der Waals surface area contributed by atoms with Gasteiger partial charge in [0.1, 0.15) is 0 Å². The molecule has 0 spiro atoms. The molecule has 0 saturated carbocycles. The van der Waals surface area contributed by atoms with Crippen molar-refractivity contribution in [2.45, 2.75) is 26.2 Å². The van der Waals surface area contributed by atoms with Crippen LogP contribution in [0.1, 0.15) is 31.7 Å². The minimum atomic E-state index is 0.565. The van der Waals surface area contributed by atoms with Crippen molar-refractivity contribution in [3.63, 3.8) is 0 Å². The minimum Gasteiger partial charge on any atom is -0.362 e. The predicted molar refractivity (Wildman–Crippen MR) is 87.8 cm³/mol. The van der Waals surface area contributed by atoms with Crippen LogP contribution < -0.4 is 10.6 Å². The van der Waals surface area contributed by atoms with Crippen LogP contribution in [-0.2, 0) is 0 Å². The molecule has 0 bridgehead atoms. The van der Waals surface area contributed by atoms with Crippen molar-refractivity contribution in [3.05, 3.63) is 29.8 Å². The highest BCUT2D eigenvalue weighted by Crippen LogP contribution is 2.16. The van der Waals surface area contributed by atoms with Gasteiger partial charge >= 0.3 is 0 Å². The number of rotatable bonds is 6. The molecule has 0 aliphatic heterocycles. The normalized spacial score (nSPS) is 10.4. The van der Waals surface area contributed by atoms with E-state index < -0.39 is 0 Å². The summed E-state index contributed by atoms with van der Waals surface area (Å²) in [6.45, 7) is 5.32. The molecule has 0 aromatic heterocycles. The Balaban J connectivity index is 2.35. The van der Waals surface area contributed by atoms with Gasteiger partial charge in [0, 0.05) is 12.2 Å². The third-order valence-corrected chi connectivity index (χ3v) is 3.59. The Bertz CT molecular complexity index is 361. The van der Waals surface area contributed by atoms with Crippen molar-refractivity contribution < 1.29 is 0 Å². The summed E-state index contributed by atoms with van der Waals surface area (Å²) in [5.74, 6) is 1.73. The van der Waals surface area contributed by atoms with Crippen LogP contribution in [0.3, 0.4) is 0 Å². The van der Waals surface area contributed by atoms with Crippen LogP contribution in [0.5, 0.6) is 0 Å². The molecule has 0 unspecified atom stereocenters. The summed E-state index contributed by atoms with van der Waals surface area (Å²) in [5, 5.41) is 7.11. The molecule has 2 nitrogen and oxygen atoms in total. The van der Waals surface area contributed by atoms with E-state index in [2.05, 4.69) is 55.0 Å². The zero-order valence-corrected chi connectivity index (χ0v) is 13.0. The molecule has 4 heteroatoms. The van der Waals surface area contributed by atoms with Crippen LogP contribution in [0.2, 0.25) is 0 Å². The first-order valence-electron chi connectivity index (χ1n) is 6.27. The summed E-state index contributed by atoms with van der Waals surface area (Å²) >= 11 is 7.10. The fourth-order valence-corrected chi connectivity index (χ4v) is 2.20. The Morgan fingerprint density at radius 3 is 2.50 bits per heavy atom. The summed E-state index contributed by atoms with van der Waals surface area (Å²) in [5.41, 5.74) is 2.39. The van der Waals surface area contributed by atoms with E-state index in [4.69, 9.17) is 12.2 Å². The SMILES string of the molecule is CSCCCNC(=S)Nc1ccc(C(C)C)cc1. The van der Waals surface area contributed by atoms with Gasteiger partial charge in [0.05, 0.1) is 0 Å². The van der Waals surface area contributed by atoms with E-state index in [1.54, 1.807) is 0 Å². The van der Waals surface area contributed by atoms with Gasteiger partial charge in [-0.05, 0) is 54.3 Å². The van der Waals surface area contributed by atoms with Crippen molar-refractivity contribution in [1.82, 2.24) is 5.32 Å². The highest BCUT2D eigenvalue weighted by molar-refractivity contribution is 7.98. The Labute approximate surface area is 120 Å². The second kappa shape index (κ2) is 8.38. The Hall–Kier alpha value is -0.740. The fourth-order valence-electron chi connectivity index (χ4n) is 1.55. The molecule has 1 aromatic rings. The Morgan fingerprint density at radius 2 is 1.94 bits per heavy atom. The molecular weight excluding hydrogens is 260 g/mol. The summed E-state index contributed by atoms with van der Waals surface area (Å²) < 4.78 is 0. The largest absolute Gasteiger partial charge is 0.362 e. The van der Waals surface area contributed by atoms with Gasteiger partial charge in [-0.3, -0.25) is 0 Å². The molecule has 18 heavy (non-hydrogen) atoms. The van der Waals surface area contributed by atoms with Gasteiger partial charge in [-0.2, -0.15) is 11.8 Å². The molecular formula is C14H22N2S2. The second-order valence-corrected chi connectivity index (χ2v) is 5.90. The zero-order valence-electron chi connectivity index (χ0n) is 11.3. The highest BCUT2D eigenvalue weighted by Gasteiger charge is 2.00. The van der Waals surface area contributed by atoms with Crippen LogP contribution >= 0.6 is 24.0 Å². The number of hydrogen-bond donors (Lipinski definition) is 2. The molecule has 0 saturated heterocycles. The third-order valence-electron chi connectivity index (χ3n) is 2.65. The van der Waals surface area contributed by atoms with Crippen molar-refractivity contribution >= 4 is 34.8 Å². The predicted octanol–water partition coefficient (Wildman–Crippen LogP) is 3.85. The molecule has 0 aliphatic carbocycles. The van der Waals surface area contributed by atoms with Crippen LogP contribution in [0, 0.1) is 0 Å². The lowest BCUT2D eigenvalue weighted by atomic mass is 10.0. The summed E-state index contributed by atoms with van der Waals surface area (Å²) in [4.78, 5) is 0. The maximum absolute atomic E-state index is 5.24. The Kier molecular flexibility index (Phi) is 7.13. The number of hydrogen-bond acceptors (Lipinski definition) is 2. The zero-order chi connectivity index (χ0) is 13.4. The van der Waals surface area contributed by atoms with E-state index in [-0.39, 0.29) is 0 Å². The van der Waals surface area contributed by atoms with Crippen molar-refractivity contribution in [1.29, 1.82) is 0 Å². The molecule has 1 rings (SSSR count). The van der Waals surface area contributed by atoms with E-state index in [9.17, 15) is 0 Å². The number of nitrogens with one attached hydrogen (secondary N) is 2. The first kappa shape index (κ1) is 15.3.